The lowest BCUT2D eigenvalue weighted by Crippen LogP contribution is -2.52. The molecular weight excluding hydrogens is 505 g/mol. The quantitative estimate of drug-likeness (QED) is 0.318. The van der Waals surface area contributed by atoms with Gasteiger partial charge < -0.3 is 10.2 Å². The van der Waals surface area contributed by atoms with E-state index >= 15 is 0 Å². The van der Waals surface area contributed by atoms with Crippen molar-refractivity contribution >= 4 is 27.5 Å². The first kappa shape index (κ1) is 28.8. The summed E-state index contributed by atoms with van der Waals surface area (Å²) < 4.78 is 41.9. The van der Waals surface area contributed by atoms with Crippen molar-refractivity contribution in [1.82, 2.24) is 10.2 Å². The maximum Gasteiger partial charge on any atom is 0.264 e. The van der Waals surface area contributed by atoms with E-state index < -0.39 is 34.3 Å². The van der Waals surface area contributed by atoms with Crippen LogP contribution in [0.4, 0.5) is 10.1 Å². The fourth-order valence-corrected chi connectivity index (χ4v) is 5.49. The Hall–Kier alpha value is -3.72. The number of hydrogen-bond acceptors (Lipinski definition) is 4. The fraction of sp³-hybridized carbons (Fsp3) is 0.310. The van der Waals surface area contributed by atoms with Gasteiger partial charge in [-0.2, -0.15) is 0 Å². The van der Waals surface area contributed by atoms with Gasteiger partial charge in [-0.1, -0.05) is 68.8 Å². The fourth-order valence-electron chi connectivity index (χ4n) is 4.05. The predicted molar refractivity (Wildman–Crippen MR) is 146 cm³/mol. The lowest BCUT2D eigenvalue weighted by Gasteiger charge is -2.33. The Labute approximate surface area is 224 Å². The number of halogens is 1. The van der Waals surface area contributed by atoms with Crippen molar-refractivity contribution in [3.8, 4) is 0 Å². The summed E-state index contributed by atoms with van der Waals surface area (Å²) in [6.07, 6.45) is 2.02. The van der Waals surface area contributed by atoms with Crippen LogP contribution in [0, 0.1) is 5.82 Å². The first-order chi connectivity index (χ1) is 18.3. The summed E-state index contributed by atoms with van der Waals surface area (Å²) in [5, 5.41) is 2.88. The van der Waals surface area contributed by atoms with Crippen LogP contribution in [-0.4, -0.2) is 44.3 Å². The molecule has 0 aliphatic heterocycles. The van der Waals surface area contributed by atoms with E-state index in [1.54, 1.807) is 67.6 Å². The van der Waals surface area contributed by atoms with Crippen LogP contribution in [0.5, 0.6) is 0 Å². The number of nitrogens with zero attached hydrogens (tertiary/aromatic N) is 2. The zero-order valence-corrected chi connectivity index (χ0v) is 22.5. The van der Waals surface area contributed by atoms with Crippen molar-refractivity contribution in [2.24, 2.45) is 0 Å². The number of carbonyl (C=O) groups is 2. The van der Waals surface area contributed by atoms with E-state index in [1.807, 2.05) is 6.92 Å². The van der Waals surface area contributed by atoms with Crippen molar-refractivity contribution in [3.05, 3.63) is 96.3 Å². The van der Waals surface area contributed by atoms with Crippen molar-refractivity contribution in [2.75, 3.05) is 17.4 Å². The largest absolute Gasteiger partial charge is 0.354 e. The molecule has 2 amide bonds. The lowest BCUT2D eigenvalue weighted by molar-refractivity contribution is -0.140. The molecule has 0 radical (unpaired) electrons. The van der Waals surface area contributed by atoms with E-state index in [1.165, 1.54) is 29.2 Å². The number of anilines is 1. The minimum absolute atomic E-state index is 0.0207. The highest BCUT2D eigenvalue weighted by atomic mass is 32.2. The number of unbranched alkanes of at least 4 members (excludes halogenated alkanes) is 1. The molecule has 0 aromatic heterocycles. The Morgan fingerprint density at radius 1 is 0.895 bits per heavy atom. The summed E-state index contributed by atoms with van der Waals surface area (Å²) in [4.78, 5) is 28.4. The van der Waals surface area contributed by atoms with Crippen LogP contribution in [0.25, 0.3) is 0 Å². The van der Waals surface area contributed by atoms with Gasteiger partial charge in [-0.3, -0.25) is 13.9 Å². The molecule has 0 spiro atoms. The molecule has 3 rings (SSSR count). The highest BCUT2D eigenvalue weighted by molar-refractivity contribution is 7.92. The van der Waals surface area contributed by atoms with Crippen LogP contribution in [0.1, 0.15) is 38.7 Å². The number of carbonyl (C=O) groups excluding carboxylic acids is 2. The minimum Gasteiger partial charge on any atom is -0.354 e. The van der Waals surface area contributed by atoms with Crippen molar-refractivity contribution < 1.29 is 22.4 Å². The van der Waals surface area contributed by atoms with E-state index in [4.69, 9.17) is 0 Å². The highest BCUT2D eigenvalue weighted by Crippen LogP contribution is 2.24. The Bertz CT molecular complexity index is 1290. The van der Waals surface area contributed by atoms with Crippen LogP contribution in [0.15, 0.2) is 89.8 Å². The molecular formula is C29H34FN3O4S. The molecule has 0 saturated heterocycles. The minimum atomic E-state index is -4.10. The summed E-state index contributed by atoms with van der Waals surface area (Å²) >= 11 is 0. The van der Waals surface area contributed by atoms with E-state index in [9.17, 15) is 22.4 Å². The average molecular weight is 540 g/mol. The van der Waals surface area contributed by atoms with Gasteiger partial charge in [-0.15, -0.1) is 0 Å². The van der Waals surface area contributed by atoms with Gasteiger partial charge in [-0.05, 0) is 54.8 Å². The Morgan fingerprint density at radius 2 is 1.50 bits per heavy atom. The average Bonchev–Trinajstić information content (AvgIpc) is 2.93. The molecule has 0 heterocycles. The molecule has 0 saturated carbocycles. The topological polar surface area (TPSA) is 86.8 Å². The predicted octanol–water partition coefficient (Wildman–Crippen LogP) is 4.74. The third-order valence-corrected chi connectivity index (χ3v) is 7.92. The molecule has 1 N–H and O–H groups in total. The second kappa shape index (κ2) is 13.7. The number of amides is 2. The maximum absolute atomic E-state index is 13.9. The number of rotatable bonds is 13. The van der Waals surface area contributed by atoms with Gasteiger partial charge in [-0.25, -0.2) is 12.8 Å². The summed E-state index contributed by atoms with van der Waals surface area (Å²) in [6, 6.07) is 21.1. The van der Waals surface area contributed by atoms with E-state index in [0.29, 0.717) is 24.2 Å². The molecule has 202 valence electrons. The summed E-state index contributed by atoms with van der Waals surface area (Å²) in [5.41, 5.74) is 0.948. The highest BCUT2D eigenvalue weighted by Gasteiger charge is 2.33. The third-order valence-electron chi connectivity index (χ3n) is 6.14. The van der Waals surface area contributed by atoms with Crippen molar-refractivity contribution in [2.45, 2.75) is 50.6 Å². The molecule has 1 atom stereocenters. The van der Waals surface area contributed by atoms with Gasteiger partial charge in [0.15, 0.2) is 0 Å². The molecule has 3 aromatic rings. The smallest absolute Gasteiger partial charge is 0.264 e. The molecule has 3 aromatic carbocycles. The van der Waals surface area contributed by atoms with Gasteiger partial charge >= 0.3 is 0 Å². The standard InChI is InChI=1S/C29H34FN3O4S/c1-3-5-20-31-29(35)27(4-2)32(21-23-16-18-24(30)19-17-23)28(34)22-33(25-12-8-6-9-13-25)38(36,37)26-14-10-7-11-15-26/h6-19,27H,3-5,20-22H2,1-2H3,(H,31,35)/t27-/m0/s1. The molecule has 9 heteroatoms. The van der Waals surface area contributed by atoms with Crippen molar-refractivity contribution in [1.29, 1.82) is 0 Å². The van der Waals surface area contributed by atoms with Crippen LogP contribution in [0.2, 0.25) is 0 Å². The zero-order chi connectivity index (χ0) is 27.5. The van der Waals surface area contributed by atoms with E-state index in [2.05, 4.69) is 5.32 Å². The zero-order valence-electron chi connectivity index (χ0n) is 21.7. The molecule has 0 aliphatic carbocycles. The maximum atomic E-state index is 13.9. The molecule has 7 nitrogen and oxygen atoms in total. The van der Waals surface area contributed by atoms with Gasteiger partial charge in [0.25, 0.3) is 10.0 Å². The van der Waals surface area contributed by atoms with E-state index in [-0.39, 0.29) is 17.3 Å². The van der Waals surface area contributed by atoms with Gasteiger partial charge in [0.05, 0.1) is 10.6 Å². The number of hydrogen-bond donors (Lipinski definition) is 1. The van der Waals surface area contributed by atoms with Crippen LogP contribution >= 0.6 is 0 Å². The van der Waals surface area contributed by atoms with Crippen molar-refractivity contribution in [3.63, 3.8) is 0 Å². The molecule has 0 fully saturated rings. The summed E-state index contributed by atoms with van der Waals surface area (Å²) in [6.45, 7) is 3.79. The molecule has 0 aliphatic rings. The van der Waals surface area contributed by atoms with Gasteiger partial charge in [0, 0.05) is 13.1 Å². The number of benzene rings is 3. The second-order valence-corrected chi connectivity index (χ2v) is 10.7. The number of nitrogens with one attached hydrogen (secondary N) is 1. The second-order valence-electron chi connectivity index (χ2n) is 8.88. The van der Waals surface area contributed by atoms with Crippen LogP contribution in [0.3, 0.4) is 0 Å². The van der Waals surface area contributed by atoms with Gasteiger partial charge in [0.1, 0.15) is 18.4 Å². The number of sulfonamides is 1. The molecule has 0 bridgehead atoms. The monoisotopic (exact) mass is 539 g/mol. The van der Waals surface area contributed by atoms with Crippen LogP contribution in [-0.2, 0) is 26.2 Å². The van der Waals surface area contributed by atoms with E-state index in [0.717, 1.165) is 17.1 Å². The Morgan fingerprint density at radius 3 is 2.08 bits per heavy atom. The van der Waals surface area contributed by atoms with Gasteiger partial charge in [0.2, 0.25) is 11.8 Å². The molecule has 0 unspecified atom stereocenters. The lowest BCUT2D eigenvalue weighted by atomic mass is 10.1. The Balaban J connectivity index is 1.99. The first-order valence-corrected chi connectivity index (χ1v) is 14.2. The molecule has 38 heavy (non-hydrogen) atoms. The Kier molecular flexibility index (Phi) is 10.4. The third kappa shape index (κ3) is 7.41. The normalized spacial score (nSPS) is 12.0. The first-order valence-electron chi connectivity index (χ1n) is 12.7. The SMILES string of the molecule is CCCCNC(=O)[C@H](CC)N(Cc1ccc(F)cc1)C(=O)CN(c1ccccc1)S(=O)(=O)c1ccccc1. The number of para-hydroxylation sites is 1. The summed E-state index contributed by atoms with van der Waals surface area (Å²) in [5.74, 6) is -1.27. The summed E-state index contributed by atoms with van der Waals surface area (Å²) in [7, 11) is -4.10. The van der Waals surface area contributed by atoms with Crippen LogP contribution < -0.4 is 9.62 Å².